The van der Waals surface area contributed by atoms with E-state index in [0.717, 1.165) is 26.3 Å². The standard InChI is InChI=1S/C15H14Br2FNO/c1-8-5-12(16)15(13(17)6-8)19-9(2)11-4-3-10(20)7-14(11)18/h3-7,9,19-20H,1-2H3. The second-order valence-corrected chi connectivity index (χ2v) is 6.38. The minimum absolute atomic E-state index is 0.0730. The van der Waals surface area contributed by atoms with Crippen molar-refractivity contribution in [3.05, 3.63) is 56.2 Å². The van der Waals surface area contributed by atoms with E-state index in [1.165, 1.54) is 6.07 Å². The molecular formula is C15H14Br2FNO. The van der Waals surface area contributed by atoms with Gasteiger partial charge in [-0.15, -0.1) is 0 Å². The Morgan fingerprint density at radius 2 is 1.75 bits per heavy atom. The van der Waals surface area contributed by atoms with Gasteiger partial charge < -0.3 is 10.4 Å². The summed E-state index contributed by atoms with van der Waals surface area (Å²) < 4.78 is 15.7. The van der Waals surface area contributed by atoms with Gasteiger partial charge >= 0.3 is 0 Å². The quantitative estimate of drug-likeness (QED) is 0.706. The number of aryl methyl sites for hydroxylation is 1. The molecule has 0 aliphatic carbocycles. The van der Waals surface area contributed by atoms with Crippen molar-refractivity contribution in [2.24, 2.45) is 0 Å². The van der Waals surface area contributed by atoms with Crippen LogP contribution in [0.4, 0.5) is 10.1 Å². The molecule has 106 valence electrons. The Kier molecular flexibility index (Phi) is 4.70. The Balaban J connectivity index is 2.30. The van der Waals surface area contributed by atoms with Crippen LogP contribution >= 0.6 is 31.9 Å². The maximum atomic E-state index is 13.8. The number of phenolic OH excluding ortho intramolecular Hbond substituents is 1. The van der Waals surface area contributed by atoms with Crippen molar-refractivity contribution < 1.29 is 9.50 Å². The van der Waals surface area contributed by atoms with E-state index >= 15 is 0 Å². The number of halogens is 3. The molecule has 2 nitrogen and oxygen atoms in total. The first-order chi connectivity index (χ1) is 9.38. The number of hydrogen-bond donors (Lipinski definition) is 2. The fourth-order valence-corrected chi connectivity index (χ4v) is 3.64. The molecule has 2 aromatic carbocycles. The second-order valence-electron chi connectivity index (χ2n) is 4.68. The summed E-state index contributed by atoms with van der Waals surface area (Å²) in [7, 11) is 0. The van der Waals surface area contributed by atoms with Crippen LogP contribution in [0.1, 0.15) is 24.1 Å². The molecule has 0 radical (unpaired) electrons. The minimum Gasteiger partial charge on any atom is -0.508 e. The number of hydrogen-bond acceptors (Lipinski definition) is 2. The first kappa shape index (κ1) is 15.3. The highest BCUT2D eigenvalue weighted by molar-refractivity contribution is 9.11. The van der Waals surface area contributed by atoms with Crippen LogP contribution in [0.3, 0.4) is 0 Å². The van der Waals surface area contributed by atoms with Crippen LogP contribution in [0.2, 0.25) is 0 Å². The van der Waals surface area contributed by atoms with Crippen LogP contribution in [-0.2, 0) is 0 Å². The molecule has 0 amide bonds. The molecule has 2 aromatic rings. The molecule has 2 N–H and O–H groups in total. The summed E-state index contributed by atoms with van der Waals surface area (Å²) in [5.41, 5.74) is 2.50. The molecule has 1 unspecified atom stereocenters. The summed E-state index contributed by atoms with van der Waals surface area (Å²) in [5.74, 6) is -0.500. The average Bonchev–Trinajstić information content (AvgIpc) is 2.33. The van der Waals surface area contributed by atoms with Gasteiger partial charge in [0.2, 0.25) is 0 Å². The molecule has 1 atom stereocenters. The Morgan fingerprint density at radius 1 is 1.15 bits per heavy atom. The Morgan fingerprint density at radius 3 is 2.30 bits per heavy atom. The first-order valence-electron chi connectivity index (χ1n) is 6.09. The van der Waals surface area contributed by atoms with E-state index in [4.69, 9.17) is 0 Å². The van der Waals surface area contributed by atoms with Gasteiger partial charge in [-0.05, 0) is 69.5 Å². The third-order valence-electron chi connectivity index (χ3n) is 3.00. The number of benzene rings is 2. The largest absolute Gasteiger partial charge is 0.508 e. The summed E-state index contributed by atoms with van der Waals surface area (Å²) in [4.78, 5) is 0. The summed E-state index contributed by atoms with van der Waals surface area (Å²) in [6.45, 7) is 3.87. The van der Waals surface area contributed by atoms with Crippen LogP contribution in [0, 0.1) is 12.7 Å². The molecular weight excluding hydrogens is 389 g/mol. The van der Waals surface area contributed by atoms with Gasteiger partial charge in [0, 0.05) is 20.6 Å². The lowest BCUT2D eigenvalue weighted by atomic mass is 10.1. The van der Waals surface area contributed by atoms with Crippen LogP contribution in [0.5, 0.6) is 5.75 Å². The van der Waals surface area contributed by atoms with E-state index in [0.29, 0.717) is 5.56 Å². The fraction of sp³-hybridized carbons (Fsp3) is 0.200. The smallest absolute Gasteiger partial charge is 0.132 e. The molecule has 0 heterocycles. The normalized spacial score (nSPS) is 12.2. The van der Waals surface area contributed by atoms with E-state index < -0.39 is 5.82 Å². The number of phenols is 1. The van der Waals surface area contributed by atoms with Gasteiger partial charge in [-0.3, -0.25) is 0 Å². The van der Waals surface area contributed by atoms with Crippen molar-refractivity contribution in [2.75, 3.05) is 5.32 Å². The van der Waals surface area contributed by atoms with Gasteiger partial charge in [0.15, 0.2) is 0 Å². The molecule has 0 fully saturated rings. The van der Waals surface area contributed by atoms with E-state index in [1.807, 2.05) is 26.0 Å². The van der Waals surface area contributed by atoms with Crippen LogP contribution in [-0.4, -0.2) is 5.11 Å². The molecule has 0 bridgehead atoms. The monoisotopic (exact) mass is 401 g/mol. The van der Waals surface area contributed by atoms with Crippen LogP contribution in [0.15, 0.2) is 39.3 Å². The molecule has 0 saturated heterocycles. The lowest BCUT2D eigenvalue weighted by Crippen LogP contribution is -2.09. The van der Waals surface area contributed by atoms with Crippen molar-refractivity contribution in [1.29, 1.82) is 0 Å². The second kappa shape index (κ2) is 6.14. The van der Waals surface area contributed by atoms with E-state index in [9.17, 15) is 9.50 Å². The molecule has 0 aliphatic rings. The third-order valence-corrected chi connectivity index (χ3v) is 4.25. The van der Waals surface area contributed by atoms with Crippen molar-refractivity contribution in [1.82, 2.24) is 0 Å². The first-order valence-corrected chi connectivity index (χ1v) is 7.67. The predicted molar refractivity (Wildman–Crippen MR) is 86.7 cm³/mol. The number of anilines is 1. The molecule has 0 aromatic heterocycles. The lowest BCUT2D eigenvalue weighted by Gasteiger charge is -2.19. The molecule has 5 heteroatoms. The maximum absolute atomic E-state index is 13.8. The lowest BCUT2D eigenvalue weighted by molar-refractivity contribution is 0.467. The fourth-order valence-electron chi connectivity index (χ4n) is 2.00. The summed E-state index contributed by atoms with van der Waals surface area (Å²) in [6, 6.07) is 7.94. The van der Waals surface area contributed by atoms with Gasteiger partial charge in [-0.25, -0.2) is 4.39 Å². The summed E-state index contributed by atoms with van der Waals surface area (Å²) in [6.07, 6.45) is 0. The summed E-state index contributed by atoms with van der Waals surface area (Å²) in [5, 5.41) is 12.5. The number of rotatable bonds is 3. The maximum Gasteiger partial charge on any atom is 0.132 e. The Labute approximate surface area is 134 Å². The Hall–Kier alpha value is -1.07. The molecule has 2 rings (SSSR count). The van der Waals surface area contributed by atoms with Gasteiger partial charge in [0.1, 0.15) is 11.6 Å². The highest BCUT2D eigenvalue weighted by atomic mass is 79.9. The van der Waals surface area contributed by atoms with Crippen molar-refractivity contribution >= 4 is 37.5 Å². The topological polar surface area (TPSA) is 32.3 Å². The summed E-state index contributed by atoms with van der Waals surface area (Å²) >= 11 is 7.01. The zero-order chi connectivity index (χ0) is 14.9. The van der Waals surface area contributed by atoms with E-state index in [1.54, 1.807) is 6.07 Å². The highest BCUT2D eigenvalue weighted by Gasteiger charge is 2.14. The van der Waals surface area contributed by atoms with Crippen molar-refractivity contribution in [3.63, 3.8) is 0 Å². The average molecular weight is 403 g/mol. The SMILES string of the molecule is Cc1cc(Br)c(NC(C)c2ccc(O)cc2F)c(Br)c1. The molecule has 0 spiro atoms. The predicted octanol–water partition coefficient (Wildman–Crippen LogP) is 5.54. The third kappa shape index (κ3) is 3.33. The molecule has 20 heavy (non-hydrogen) atoms. The van der Waals surface area contributed by atoms with Crippen LogP contribution < -0.4 is 5.32 Å². The zero-order valence-electron chi connectivity index (χ0n) is 11.0. The Bertz CT molecular complexity index is 623. The minimum atomic E-state index is -0.427. The number of aromatic hydroxyl groups is 1. The highest BCUT2D eigenvalue weighted by Crippen LogP contribution is 2.35. The molecule has 0 saturated carbocycles. The van der Waals surface area contributed by atoms with E-state index in [-0.39, 0.29) is 11.8 Å². The van der Waals surface area contributed by atoms with Gasteiger partial charge in [-0.2, -0.15) is 0 Å². The van der Waals surface area contributed by atoms with Crippen LogP contribution in [0.25, 0.3) is 0 Å². The van der Waals surface area contributed by atoms with Gasteiger partial charge in [-0.1, -0.05) is 6.07 Å². The molecule has 0 aliphatic heterocycles. The number of nitrogens with one attached hydrogen (secondary N) is 1. The van der Waals surface area contributed by atoms with Crippen molar-refractivity contribution in [3.8, 4) is 5.75 Å². The van der Waals surface area contributed by atoms with Gasteiger partial charge in [0.25, 0.3) is 0 Å². The van der Waals surface area contributed by atoms with Crippen molar-refractivity contribution in [2.45, 2.75) is 19.9 Å². The zero-order valence-corrected chi connectivity index (χ0v) is 14.2. The van der Waals surface area contributed by atoms with Gasteiger partial charge in [0.05, 0.1) is 11.7 Å². The van der Waals surface area contributed by atoms with E-state index in [2.05, 4.69) is 37.2 Å².